The average Bonchev–Trinajstić information content (AvgIpc) is 3.10. The zero-order valence-electron chi connectivity index (χ0n) is 15.7. The molecular formula is C23H16ClN3O2S. The van der Waals surface area contributed by atoms with Gasteiger partial charge in [-0.1, -0.05) is 35.9 Å². The molecule has 0 fully saturated rings. The molecule has 0 N–H and O–H groups in total. The molecule has 5 rings (SSSR count). The molecular weight excluding hydrogens is 418 g/mol. The lowest BCUT2D eigenvalue weighted by molar-refractivity contribution is -0.670. The summed E-state index contributed by atoms with van der Waals surface area (Å²) in [7, 11) is 0. The molecule has 7 heteroatoms. The Bertz CT molecular complexity index is 1240. The topological polar surface area (TPSA) is 65.3 Å². The Balaban J connectivity index is 1.53. The number of aromatic nitrogens is 2. The van der Waals surface area contributed by atoms with Gasteiger partial charge in [-0.05, 0) is 52.2 Å². The van der Waals surface area contributed by atoms with E-state index in [-0.39, 0.29) is 5.25 Å². The highest BCUT2D eigenvalue weighted by Gasteiger charge is 2.23. The lowest BCUT2D eigenvalue weighted by Gasteiger charge is -2.16. The number of nitrogens with zero attached hydrogens (tertiary/aromatic N) is 3. The molecule has 0 saturated heterocycles. The molecule has 148 valence electrons. The van der Waals surface area contributed by atoms with Gasteiger partial charge in [0.05, 0.1) is 11.0 Å². The number of para-hydroxylation sites is 1. The Kier molecular flexibility index (Phi) is 5.02. The summed E-state index contributed by atoms with van der Waals surface area (Å²) in [5.74, 6) is -0.481. The minimum atomic E-state index is -0.481. The van der Waals surface area contributed by atoms with Gasteiger partial charge < -0.3 is 9.63 Å². The van der Waals surface area contributed by atoms with E-state index in [1.54, 1.807) is 11.8 Å². The third-order valence-corrected chi connectivity index (χ3v) is 6.46. The molecule has 0 aliphatic carbocycles. The number of hydrogen-bond donors (Lipinski definition) is 0. The van der Waals surface area contributed by atoms with Gasteiger partial charge in [-0.2, -0.15) is 0 Å². The van der Waals surface area contributed by atoms with Gasteiger partial charge in [-0.3, -0.25) is 4.99 Å². The summed E-state index contributed by atoms with van der Waals surface area (Å²) in [6.07, 6.45) is 2.07. The van der Waals surface area contributed by atoms with Gasteiger partial charge in [0.2, 0.25) is 11.9 Å². The van der Waals surface area contributed by atoms with E-state index in [1.807, 2.05) is 60.7 Å². The number of thioether (sulfide) groups is 1. The van der Waals surface area contributed by atoms with Gasteiger partial charge in [-0.25, -0.2) is 0 Å². The maximum atomic E-state index is 11.2. The first-order chi connectivity index (χ1) is 14.7. The van der Waals surface area contributed by atoms with Gasteiger partial charge in [0.1, 0.15) is 5.95 Å². The molecule has 1 aliphatic rings. The monoisotopic (exact) mass is 433 g/mol. The lowest BCUT2D eigenvalue weighted by atomic mass is 10.0. The summed E-state index contributed by atoms with van der Waals surface area (Å²) < 4.78 is 6.03. The summed E-state index contributed by atoms with van der Waals surface area (Å²) in [6.45, 7) is 0. The van der Waals surface area contributed by atoms with Crippen molar-refractivity contribution in [2.45, 2.75) is 16.6 Å². The van der Waals surface area contributed by atoms with Crippen molar-refractivity contribution in [2.24, 2.45) is 4.99 Å². The van der Waals surface area contributed by atoms with E-state index in [0.717, 1.165) is 39.0 Å². The van der Waals surface area contributed by atoms with Crippen LogP contribution in [-0.4, -0.2) is 11.0 Å². The normalized spacial score (nSPS) is 15.9. The number of halogens is 1. The highest BCUT2D eigenvalue weighted by molar-refractivity contribution is 7.99. The van der Waals surface area contributed by atoms with E-state index in [2.05, 4.69) is 21.9 Å². The molecule has 30 heavy (non-hydrogen) atoms. The number of rotatable bonds is 3. The smallest absolute Gasteiger partial charge is 0.239 e. The minimum Gasteiger partial charge on any atom is -0.539 e. The quantitative estimate of drug-likeness (QED) is 0.425. The van der Waals surface area contributed by atoms with Gasteiger partial charge in [0, 0.05) is 39.4 Å². The van der Waals surface area contributed by atoms with Crippen LogP contribution in [0.5, 0.6) is 5.95 Å². The van der Waals surface area contributed by atoms with Gasteiger partial charge >= 0.3 is 0 Å². The Labute approximate surface area is 182 Å². The third-order valence-electron chi connectivity index (χ3n) is 4.90. The van der Waals surface area contributed by atoms with Crippen LogP contribution in [0.2, 0.25) is 5.02 Å². The summed E-state index contributed by atoms with van der Waals surface area (Å²) in [6, 6.07) is 24.0. The molecule has 3 aromatic carbocycles. The summed E-state index contributed by atoms with van der Waals surface area (Å²) >= 11 is 8.06. The van der Waals surface area contributed by atoms with Crippen LogP contribution in [0, 0.1) is 0 Å². The van der Waals surface area contributed by atoms with Crippen molar-refractivity contribution in [3.05, 3.63) is 95.1 Å². The van der Waals surface area contributed by atoms with E-state index in [9.17, 15) is 5.11 Å². The Morgan fingerprint density at radius 3 is 2.63 bits per heavy atom. The van der Waals surface area contributed by atoms with E-state index < -0.39 is 5.95 Å². The second-order valence-electron chi connectivity index (χ2n) is 6.90. The van der Waals surface area contributed by atoms with Gasteiger partial charge in [0.25, 0.3) is 0 Å². The highest BCUT2D eigenvalue weighted by atomic mass is 35.5. The fourth-order valence-electron chi connectivity index (χ4n) is 3.45. The largest absolute Gasteiger partial charge is 0.539 e. The molecule has 5 nitrogen and oxygen atoms in total. The molecule has 0 bridgehead atoms. The second kappa shape index (κ2) is 7.97. The molecule has 1 unspecified atom stereocenters. The van der Waals surface area contributed by atoms with Crippen LogP contribution >= 0.6 is 23.4 Å². The number of fused-ring (bicyclic) bond motifs is 1. The van der Waals surface area contributed by atoms with Crippen LogP contribution in [0.25, 0.3) is 5.69 Å². The van der Waals surface area contributed by atoms with E-state index in [0.29, 0.717) is 0 Å². The Morgan fingerprint density at radius 2 is 1.87 bits per heavy atom. The Morgan fingerprint density at radius 1 is 1.03 bits per heavy atom. The van der Waals surface area contributed by atoms with Crippen LogP contribution in [0.15, 0.2) is 93.4 Å². The molecule has 1 atom stereocenters. The first kappa shape index (κ1) is 18.9. The van der Waals surface area contributed by atoms with Crippen molar-refractivity contribution in [2.75, 3.05) is 0 Å². The van der Waals surface area contributed by atoms with E-state index in [4.69, 9.17) is 16.6 Å². The second-order valence-corrected chi connectivity index (χ2v) is 8.59. The molecule has 2 heterocycles. The Hall–Kier alpha value is -3.09. The molecule has 1 aliphatic heterocycles. The predicted molar refractivity (Wildman–Crippen MR) is 115 cm³/mol. The van der Waals surface area contributed by atoms with Crippen molar-refractivity contribution in [1.82, 2.24) is 5.27 Å². The number of hydrogen-bond acceptors (Lipinski definition) is 5. The maximum Gasteiger partial charge on any atom is 0.239 e. The third kappa shape index (κ3) is 3.84. The molecule has 0 radical (unpaired) electrons. The first-order valence-corrected chi connectivity index (χ1v) is 10.7. The highest BCUT2D eigenvalue weighted by Crippen LogP contribution is 2.45. The van der Waals surface area contributed by atoms with Crippen molar-refractivity contribution in [1.29, 1.82) is 0 Å². The van der Waals surface area contributed by atoms with E-state index in [1.165, 1.54) is 16.4 Å². The van der Waals surface area contributed by atoms with Crippen LogP contribution < -0.4 is 9.79 Å². The number of aliphatic imine (C=N–C) groups is 1. The molecule has 0 saturated carbocycles. The zero-order valence-corrected chi connectivity index (χ0v) is 17.3. The number of benzene rings is 3. The average molecular weight is 434 g/mol. The minimum absolute atomic E-state index is 0.193. The van der Waals surface area contributed by atoms with Gasteiger partial charge in [0.15, 0.2) is 0 Å². The zero-order chi connectivity index (χ0) is 20.5. The van der Waals surface area contributed by atoms with Crippen molar-refractivity contribution >= 4 is 34.8 Å². The van der Waals surface area contributed by atoms with Crippen LogP contribution in [-0.2, 0) is 0 Å². The SMILES string of the molecule is [O-]c1c[n+](-c2ccc(C3=Nc4ccccc4SC(c4cccc(Cl)c4)C3)cc2)no1. The fraction of sp³-hybridized carbons (Fsp3) is 0.0870. The maximum absolute atomic E-state index is 11.2. The molecule has 1 aromatic heterocycles. The predicted octanol–water partition coefficient (Wildman–Crippen LogP) is 5.04. The molecule has 4 aromatic rings. The van der Waals surface area contributed by atoms with Crippen molar-refractivity contribution in [3.8, 4) is 11.6 Å². The van der Waals surface area contributed by atoms with Crippen LogP contribution in [0.3, 0.4) is 0 Å². The first-order valence-electron chi connectivity index (χ1n) is 9.41. The standard InChI is InChI=1S/C23H16ClN3O2S/c24-17-5-3-4-16(12-17)22-13-20(25-19-6-1-2-7-21(19)30-22)15-8-10-18(11-9-15)27-14-23(28)29-26-27/h1-12,14,22H,13H2. The van der Waals surface area contributed by atoms with E-state index >= 15 is 0 Å². The van der Waals surface area contributed by atoms with Crippen LogP contribution in [0.1, 0.15) is 22.8 Å². The summed E-state index contributed by atoms with van der Waals surface area (Å²) in [5, 5.41) is 15.9. The van der Waals surface area contributed by atoms with Gasteiger partial charge in [-0.15, -0.1) is 11.8 Å². The summed E-state index contributed by atoms with van der Waals surface area (Å²) in [5.41, 5.74) is 4.91. The molecule has 0 amide bonds. The van der Waals surface area contributed by atoms with Crippen molar-refractivity contribution < 1.29 is 14.3 Å². The lowest BCUT2D eigenvalue weighted by Crippen LogP contribution is -2.31. The fourth-order valence-corrected chi connectivity index (χ4v) is 4.87. The van der Waals surface area contributed by atoms with Crippen molar-refractivity contribution in [3.63, 3.8) is 0 Å². The summed E-state index contributed by atoms with van der Waals surface area (Å²) in [4.78, 5) is 6.13. The molecule has 0 spiro atoms. The van der Waals surface area contributed by atoms with Crippen LogP contribution in [0.4, 0.5) is 5.69 Å².